The van der Waals surface area contributed by atoms with Crippen molar-refractivity contribution in [2.24, 2.45) is 0 Å². The second-order valence-corrected chi connectivity index (χ2v) is 8.50. The molecule has 7 heteroatoms. The number of aromatic nitrogens is 2. The number of pyridine rings is 1. The highest BCUT2D eigenvalue weighted by molar-refractivity contribution is 7.17. The van der Waals surface area contributed by atoms with Crippen molar-refractivity contribution in [2.75, 3.05) is 6.54 Å². The molecule has 28 heavy (non-hydrogen) atoms. The maximum atomic E-state index is 6.48. The monoisotopic (exact) mass is 409 g/mol. The van der Waals surface area contributed by atoms with Crippen LogP contribution in [0.25, 0.3) is 21.3 Å². The number of ether oxygens (including phenoxy) is 1. The number of fused-ring (bicyclic) bond motifs is 3. The molecule has 0 spiro atoms. The second kappa shape index (κ2) is 6.30. The number of halogens is 1. The quantitative estimate of drug-likeness (QED) is 0.508. The number of nitrogens with one attached hydrogen (secondary N) is 1. The fourth-order valence-electron chi connectivity index (χ4n) is 4.17. The Bertz CT molecular complexity index is 1220. The van der Waals surface area contributed by atoms with Crippen LogP contribution in [0.1, 0.15) is 28.7 Å². The maximum absolute atomic E-state index is 6.48. The summed E-state index contributed by atoms with van der Waals surface area (Å²) in [5, 5.41) is 10.4. The average molecular weight is 410 g/mol. The van der Waals surface area contributed by atoms with E-state index in [0.29, 0.717) is 5.02 Å². The van der Waals surface area contributed by atoms with Gasteiger partial charge in [-0.15, -0.1) is 11.3 Å². The van der Waals surface area contributed by atoms with Crippen LogP contribution in [0.5, 0.6) is 5.75 Å². The van der Waals surface area contributed by atoms with Gasteiger partial charge in [-0.05, 0) is 29.6 Å². The molecule has 0 amide bonds. The number of rotatable bonds is 2. The molecule has 6 rings (SSSR count). The molecule has 0 bridgehead atoms. The summed E-state index contributed by atoms with van der Waals surface area (Å²) in [6.07, 6.45) is 3.28. The Morgan fingerprint density at radius 1 is 1.21 bits per heavy atom. The first kappa shape index (κ1) is 16.5. The Hall–Kier alpha value is -2.41. The van der Waals surface area contributed by atoms with E-state index in [2.05, 4.69) is 20.8 Å². The SMILES string of the molecule is Clc1cc2c(c(-c3ccnc4ccsc34)c1)OC(c1onc3c1CNCC3)C2. The summed E-state index contributed by atoms with van der Waals surface area (Å²) in [6, 6.07) is 8.04. The number of thiophene rings is 1. The van der Waals surface area contributed by atoms with Crippen LogP contribution < -0.4 is 10.1 Å². The standard InChI is InChI=1S/C21H16ClN3O2S/c22-12-7-11-8-18(20-15-10-23-4-2-16(15)25-27-20)26-19(11)14(9-12)13-1-5-24-17-3-6-28-21(13)17/h1,3,5-7,9,18,23H,2,4,8,10H2. The van der Waals surface area contributed by atoms with E-state index in [0.717, 1.165) is 75.6 Å². The number of hydrogen-bond donors (Lipinski definition) is 1. The normalized spacial score (nSPS) is 18.1. The highest BCUT2D eigenvalue weighted by Crippen LogP contribution is 2.47. The molecule has 5 nitrogen and oxygen atoms in total. The maximum Gasteiger partial charge on any atom is 0.182 e. The summed E-state index contributed by atoms with van der Waals surface area (Å²) in [5.41, 5.74) is 6.37. The van der Waals surface area contributed by atoms with Crippen molar-refractivity contribution in [3.63, 3.8) is 0 Å². The molecular weight excluding hydrogens is 394 g/mol. The molecule has 0 radical (unpaired) electrons. The van der Waals surface area contributed by atoms with E-state index >= 15 is 0 Å². The molecule has 1 atom stereocenters. The summed E-state index contributed by atoms with van der Waals surface area (Å²) in [6.45, 7) is 1.71. The predicted octanol–water partition coefficient (Wildman–Crippen LogP) is 4.93. The summed E-state index contributed by atoms with van der Waals surface area (Å²) < 4.78 is 13.3. The number of nitrogens with zero attached hydrogens (tertiary/aromatic N) is 2. The molecule has 0 saturated heterocycles. The van der Waals surface area contributed by atoms with Crippen molar-refractivity contribution < 1.29 is 9.26 Å². The molecular formula is C21H16ClN3O2S. The Morgan fingerprint density at radius 2 is 2.18 bits per heavy atom. The largest absolute Gasteiger partial charge is 0.481 e. The van der Waals surface area contributed by atoms with Crippen molar-refractivity contribution in [2.45, 2.75) is 25.5 Å². The van der Waals surface area contributed by atoms with Crippen LogP contribution in [0, 0.1) is 0 Å². The zero-order valence-electron chi connectivity index (χ0n) is 14.9. The Morgan fingerprint density at radius 3 is 3.14 bits per heavy atom. The summed E-state index contributed by atoms with van der Waals surface area (Å²) in [4.78, 5) is 4.45. The minimum atomic E-state index is -0.177. The van der Waals surface area contributed by atoms with E-state index in [1.165, 1.54) is 0 Å². The van der Waals surface area contributed by atoms with E-state index in [1.807, 2.05) is 30.5 Å². The third-order valence-corrected chi connectivity index (χ3v) is 6.62. The average Bonchev–Trinajstić information content (AvgIpc) is 3.43. The zero-order valence-corrected chi connectivity index (χ0v) is 16.4. The summed E-state index contributed by atoms with van der Waals surface area (Å²) in [5.74, 6) is 1.71. The number of benzene rings is 1. The molecule has 0 saturated carbocycles. The van der Waals surface area contributed by atoms with Crippen molar-refractivity contribution in [1.29, 1.82) is 0 Å². The van der Waals surface area contributed by atoms with Gasteiger partial charge < -0.3 is 14.6 Å². The molecule has 1 N–H and O–H groups in total. The van der Waals surface area contributed by atoms with Gasteiger partial charge in [0.2, 0.25) is 0 Å². The Kier molecular flexibility index (Phi) is 3.72. The molecule has 3 aromatic heterocycles. The highest BCUT2D eigenvalue weighted by atomic mass is 35.5. The molecule has 1 unspecified atom stereocenters. The first-order chi connectivity index (χ1) is 13.8. The number of hydrogen-bond acceptors (Lipinski definition) is 6. The Labute approximate surface area is 170 Å². The molecule has 4 aromatic rings. The van der Waals surface area contributed by atoms with Crippen LogP contribution in [0.2, 0.25) is 5.02 Å². The van der Waals surface area contributed by atoms with Crippen LogP contribution in [-0.2, 0) is 19.4 Å². The first-order valence-corrected chi connectivity index (χ1v) is 10.5. The van der Waals surface area contributed by atoms with E-state index in [-0.39, 0.29) is 6.10 Å². The fraction of sp³-hybridized carbons (Fsp3) is 0.238. The highest BCUT2D eigenvalue weighted by Gasteiger charge is 2.34. The van der Waals surface area contributed by atoms with Crippen LogP contribution in [0.3, 0.4) is 0 Å². The lowest BCUT2D eigenvalue weighted by molar-refractivity contribution is 0.189. The van der Waals surface area contributed by atoms with Crippen molar-refractivity contribution in [3.05, 3.63) is 63.4 Å². The van der Waals surface area contributed by atoms with E-state index in [9.17, 15) is 0 Å². The smallest absolute Gasteiger partial charge is 0.182 e. The van der Waals surface area contributed by atoms with E-state index < -0.39 is 0 Å². The molecule has 0 aliphatic carbocycles. The topological polar surface area (TPSA) is 60.2 Å². The summed E-state index contributed by atoms with van der Waals surface area (Å²) in [7, 11) is 0. The second-order valence-electron chi connectivity index (χ2n) is 7.14. The first-order valence-electron chi connectivity index (χ1n) is 9.27. The summed E-state index contributed by atoms with van der Waals surface area (Å²) >= 11 is 8.16. The van der Waals surface area contributed by atoms with Gasteiger partial charge in [0.15, 0.2) is 11.9 Å². The molecule has 2 aliphatic heterocycles. The molecule has 0 fully saturated rings. The lowest BCUT2D eigenvalue weighted by Crippen LogP contribution is -2.24. The van der Waals surface area contributed by atoms with Crippen molar-refractivity contribution >= 4 is 33.2 Å². The third-order valence-electron chi connectivity index (χ3n) is 5.46. The van der Waals surface area contributed by atoms with Gasteiger partial charge >= 0.3 is 0 Å². The van der Waals surface area contributed by atoms with Gasteiger partial charge in [-0.1, -0.05) is 16.8 Å². The predicted molar refractivity (Wildman–Crippen MR) is 109 cm³/mol. The molecule has 1 aromatic carbocycles. The van der Waals surface area contributed by atoms with Gasteiger partial charge in [-0.3, -0.25) is 4.98 Å². The fourth-order valence-corrected chi connectivity index (χ4v) is 5.29. The van der Waals surface area contributed by atoms with Gasteiger partial charge in [-0.25, -0.2) is 0 Å². The molecule has 140 valence electrons. The minimum absolute atomic E-state index is 0.177. The Balaban J connectivity index is 1.46. The van der Waals surface area contributed by atoms with Gasteiger partial charge in [0.05, 0.1) is 15.9 Å². The van der Waals surface area contributed by atoms with Crippen molar-refractivity contribution in [1.82, 2.24) is 15.5 Å². The van der Waals surface area contributed by atoms with Gasteiger partial charge in [0, 0.05) is 59.4 Å². The van der Waals surface area contributed by atoms with E-state index in [1.54, 1.807) is 11.3 Å². The molecule has 5 heterocycles. The molecule has 2 aliphatic rings. The van der Waals surface area contributed by atoms with Gasteiger partial charge in [0.25, 0.3) is 0 Å². The van der Waals surface area contributed by atoms with Gasteiger partial charge in [-0.2, -0.15) is 0 Å². The lowest BCUT2D eigenvalue weighted by atomic mass is 9.99. The van der Waals surface area contributed by atoms with Crippen molar-refractivity contribution in [3.8, 4) is 16.9 Å². The lowest BCUT2D eigenvalue weighted by Gasteiger charge is -2.15. The van der Waals surface area contributed by atoms with Crippen LogP contribution in [-0.4, -0.2) is 16.7 Å². The van der Waals surface area contributed by atoms with Crippen LogP contribution >= 0.6 is 22.9 Å². The third kappa shape index (κ3) is 2.49. The van der Waals surface area contributed by atoms with Crippen LogP contribution in [0.15, 0.2) is 40.4 Å². The van der Waals surface area contributed by atoms with Crippen LogP contribution in [0.4, 0.5) is 0 Å². The van der Waals surface area contributed by atoms with Gasteiger partial charge in [0.1, 0.15) is 5.75 Å². The van der Waals surface area contributed by atoms with E-state index in [4.69, 9.17) is 20.9 Å². The zero-order chi connectivity index (χ0) is 18.7. The minimum Gasteiger partial charge on any atom is -0.481 e.